The maximum Gasteiger partial charge on any atom is 0.354 e. The molecule has 31 heavy (non-hydrogen) atoms. The first-order valence-corrected chi connectivity index (χ1v) is 11.0. The molecule has 0 unspecified atom stereocenters. The average Bonchev–Trinajstić information content (AvgIpc) is 2.97. The zero-order valence-corrected chi connectivity index (χ0v) is 17.6. The van der Waals surface area contributed by atoms with Gasteiger partial charge in [-0.1, -0.05) is 54.6 Å². The van der Waals surface area contributed by atoms with E-state index in [0.717, 1.165) is 44.7 Å². The van der Waals surface area contributed by atoms with Crippen LogP contribution in [0.3, 0.4) is 0 Å². The summed E-state index contributed by atoms with van der Waals surface area (Å²) in [7, 11) is 0. The number of carboxylic acid groups (broad SMARTS) is 1. The van der Waals surface area contributed by atoms with Gasteiger partial charge in [0.25, 0.3) is 0 Å². The molecule has 1 aliphatic carbocycles. The van der Waals surface area contributed by atoms with Crippen LogP contribution in [0.25, 0.3) is 0 Å². The summed E-state index contributed by atoms with van der Waals surface area (Å²) in [6.07, 6.45) is 2.18. The Balaban J connectivity index is 1.35. The van der Waals surface area contributed by atoms with Crippen molar-refractivity contribution in [1.82, 2.24) is 14.8 Å². The van der Waals surface area contributed by atoms with Crippen molar-refractivity contribution in [3.05, 3.63) is 100 Å². The summed E-state index contributed by atoms with van der Waals surface area (Å²) in [6, 6.07) is 23.3. The van der Waals surface area contributed by atoms with Crippen LogP contribution >= 0.6 is 0 Å². The zero-order valence-electron chi connectivity index (χ0n) is 17.6. The van der Waals surface area contributed by atoms with Gasteiger partial charge in [0.15, 0.2) is 0 Å². The highest BCUT2D eigenvalue weighted by Gasteiger charge is 2.30. The van der Waals surface area contributed by atoms with Crippen molar-refractivity contribution < 1.29 is 9.90 Å². The second-order valence-electron chi connectivity index (χ2n) is 8.43. The van der Waals surface area contributed by atoms with Crippen molar-refractivity contribution >= 4 is 5.97 Å². The van der Waals surface area contributed by atoms with Gasteiger partial charge in [0, 0.05) is 32.7 Å². The zero-order chi connectivity index (χ0) is 21.2. The molecule has 2 aliphatic rings. The van der Waals surface area contributed by atoms with Crippen LogP contribution in [0.5, 0.6) is 0 Å². The third-order valence-corrected chi connectivity index (χ3v) is 6.55. The Morgan fingerprint density at radius 2 is 1.45 bits per heavy atom. The molecular formula is C26H27N3O2. The minimum atomic E-state index is -0.975. The van der Waals surface area contributed by atoms with Crippen molar-refractivity contribution in [2.75, 3.05) is 26.2 Å². The van der Waals surface area contributed by atoms with Crippen LogP contribution < -0.4 is 0 Å². The number of aromatic nitrogens is 1. The minimum Gasteiger partial charge on any atom is -0.477 e. The van der Waals surface area contributed by atoms with Crippen LogP contribution in [-0.2, 0) is 19.4 Å². The number of hydrogen-bond acceptors (Lipinski definition) is 4. The number of carbonyl (C=O) groups is 1. The Kier molecular flexibility index (Phi) is 5.53. The van der Waals surface area contributed by atoms with E-state index in [9.17, 15) is 9.90 Å². The second kappa shape index (κ2) is 8.61. The maximum absolute atomic E-state index is 11.2. The number of benzene rings is 2. The molecule has 5 nitrogen and oxygen atoms in total. The third-order valence-electron chi connectivity index (χ3n) is 6.55. The van der Waals surface area contributed by atoms with Crippen molar-refractivity contribution in [1.29, 1.82) is 0 Å². The predicted molar refractivity (Wildman–Crippen MR) is 120 cm³/mol. The first-order chi connectivity index (χ1) is 15.2. The summed E-state index contributed by atoms with van der Waals surface area (Å²) < 4.78 is 0. The maximum atomic E-state index is 11.2. The minimum absolute atomic E-state index is 0.114. The fraction of sp³-hybridized carbons (Fsp3) is 0.308. The van der Waals surface area contributed by atoms with E-state index in [1.165, 1.54) is 22.3 Å². The lowest BCUT2D eigenvalue weighted by atomic mass is 9.92. The van der Waals surface area contributed by atoms with E-state index in [1.54, 1.807) is 12.1 Å². The molecule has 0 atom stereocenters. The molecule has 158 valence electrons. The van der Waals surface area contributed by atoms with Gasteiger partial charge in [-0.25, -0.2) is 9.78 Å². The van der Waals surface area contributed by atoms with E-state index in [4.69, 9.17) is 0 Å². The SMILES string of the molecule is O=C(O)c1cccc(CN2CCN(C3c4ccccc4CCc4ccccc43)CC2)n1. The molecule has 1 aromatic heterocycles. The Bertz CT molecular complexity index is 1040. The molecule has 0 saturated carbocycles. The van der Waals surface area contributed by atoms with Gasteiger partial charge in [-0.05, 0) is 47.2 Å². The number of nitrogens with zero attached hydrogens (tertiary/aromatic N) is 3. The molecule has 5 rings (SSSR count). The summed E-state index contributed by atoms with van der Waals surface area (Å²) in [5.74, 6) is -0.975. The number of fused-ring (bicyclic) bond motifs is 2. The van der Waals surface area contributed by atoms with Gasteiger partial charge < -0.3 is 5.11 Å². The van der Waals surface area contributed by atoms with Crippen molar-refractivity contribution in [2.24, 2.45) is 0 Å². The van der Waals surface area contributed by atoms with Gasteiger partial charge in [0.1, 0.15) is 5.69 Å². The van der Waals surface area contributed by atoms with Crippen molar-refractivity contribution in [3.8, 4) is 0 Å². The van der Waals surface area contributed by atoms with Crippen LogP contribution in [0, 0.1) is 0 Å². The van der Waals surface area contributed by atoms with E-state index < -0.39 is 5.97 Å². The molecule has 1 N–H and O–H groups in total. The number of rotatable bonds is 4. The third kappa shape index (κ3) is 4.11. The molecule has 0 spiro atoms. The number of hydrogen-bond donors (Lipinski definition) is 1. The highest BCUT2D eigenvalue weighted by Crippen LogP contribution is 2.37. The summed E-state index contributed by atoms with van der Waals surface area (Å²) in [6.45, 7) is 4.53. The molecule has 0 radical (unpaired) electrons. The molecule has 1 aliphatic heterocycles. The van der Waals surface area contributed by atoms with Crippen LogP contribution in [0.2, 0.25) is 0 Å². The Morgan fingerprint density at radius 1 is 0.839 bits per heavy atom. The monoisotopic (exact) mass is 413 g/mol. The average molecular weight is 414 g/mol. The molecule has 2 heterocycles. The summed E-state index contributed by atoms with van der Waals surface area (Å²) in [5.41, 5.74) is 6.73. The second-order valence-corrected chi connectivity index (χ2v) is 8.43. The first-order valence-electron chi connectivity index (χ1n) is 11.0. The number of carboxylic acids is 1. The lowest BCUT2D eigenvalue weighted by Gasteiger charge is -2.40. The number of piperazine rings is 1. The van der Waals surface area contributed by atoms with Gasteiger partial charge in [0.05, 0.1) is 11.7 Å². The van der Waals surface area contributed by atoms with Gasteiger partial charge in [-0.15, -0.1) is 0 Å². The van der Waals surface area contributed by atoms with E-state index >= 15 is 0 Å². The fourth-order valence-electron chi connectivity index (χ4n) is 4.98. The molecule has 1 fully saturated rings. The number of aromatic carboxylic acids is 1. The van der Waals surface area contributed by atoms with Crippen LogP contribution in [-0.4, -0.2) is 52.0 Å². The summed E-state index contributed by atoms with van der Waals surface area (Å²) >= 11 is 0. The standard InChI is InChI=1S/C26H27N3O2/c30-26(31)24-11-5-8-21(27-24)18-28-14-16-29(17-15-28)25-22-9-3-1-6-19(22)12-13-20-7-2-4-10-23(20)25/h1-11,25H,12-18H2,(H,30,31). The number of aryl methyl sites for hydroxylation is 2. The normalized spacial score (nSPS) is 17.5. The molecular weight excluding hydrogens is 386 g/mol. The lowest BCUT2D eigenvalue weighted by Crippen LogP contribution is -2.47. The molecule has 2 aromatic carbocycles. The van der Waals surface area contributed by atoms with E-state index in [2.05, 4.69) is 63.3 Å². The molecule has 3 aromatic rings. The Hall–Kier alpha value is -3.02. The lowest BCUT2D eigenvalue weighted by molar-refractivity contribution is 0.0689. The molecule has 5 heteroatoms. The molecule has 0 amide bonds. The first kappa shape index (κ1) is 19.9. The van der Waals surface area contributed by atoms with Crippen LogP contribution in [0.15, 0.2) is 66.7 Å². The van der Waals surface area contributed by atoms with Crippen LogP contribution in [0.1, 0.15) is 44.5 Å². The van der Waals surface area contributed by atoms with E-state index in [1.807, 2.05) is 6.07 Å². The highest BCUT2D eigenvalue weighted by molar-refractivity contribution is 5.85. The topological polar surface area (TPSA) is 56.7 Å². The van der Waals surface area contributed by atoms with E-state index in [0.29, 0.717) is 12.6 Å². The van der Waals surface area contributed by atoms with Gasteiger partial charge >= 0.3 is 5.97 Å². The fourth-order valence-corrected chi connectivity index (χ4v) is 4.98. The van der Waals surface area contributed by atoms with E-state index in [-0.39, 0.29) is 5.69 Å². The molecule has 0 bridgehead atoms. The Labute approximate surface area is 183 Å². The predicted octanol–water partition coefficient (Wildman–Crippen LogP) is 3.79. The van der Waals surface area contributed by atoms with Crippen LogP contribution in [0.4, 0.5) is 0 Å². The molecule has 1 saturated heterocycles. The van der Waals surface area contributed by atoms with Gasteiger partial charge in [-0.2, -0.15) is 0 Å². The summed E-state index contributed by atoms with van der Waals surface area (Å²) in [5, 5.41) is 9.19. The van der Waals surface area contributed by atoms with Gasteiger partial charge in [0.2, 0.25) is 0 Å². The summed E-state index contributed by atoms with van der Waals surface area (Å²) in [4.78, 5) is 20.5. The van der Waals surface area contributed by atoms with Crippen molar-refractivity contribution in [2.45, 2.75) is 25.4 Å². The Morgan fingerprint density at radius 3 is 2.06 bits per heavy atom. The quantitative estimate of drug-likeness (QED) is 0.705. The number of pyridine rings is 1. The highest BCUT2D eigenvalue weighted by atomic mass is 16.4. The smallest absolute Gasteiger partial charge is 0.354 e. The van der Waals surface area contributed by atoms with Crippen molar-refractivity contribution in [3.63, 3.8) is 0 Å². The largest absolute Gasteiger partial charge is 0.477 e. The van der Waals surface area contributed by atoms with Gasteiger partial charge in [-0.3, -0.25) is 9.80 Å².